The average molecular weight is 746 g/mol. The lowest BCUT2D eigenvalue weighted by Crippen LogP contribution is -2.38. The monoisotopic (exact) mass is 744 g/mol. The standard InChI is InChI=1S/C21H23ClFN3.C20H21ClFN3O/c1-21(7-10-24-11-8-21)6-4-14-5-9-25-20-19(14)16(13-26-20)15-2-3-17(22)18(23)12-15;1-20(5-8-23-9-6-20)12-26-17-4-7-24-19-18(17)15(11-25-19)14-3-2-13(21)10-16(14)22/h2-3,5,9,12-13,24H,4,6-8,10-11H2,1H3,(H,25,26);2-4,7,10-11,23H,5-6,8-9,12H2,1H3,(H,24,25). The van der Waals surface area contributed by atoms with Gasteiger partial charge in [0.2, 0.25) is 0 Å². The van der Waals surface area contributed by atoms with E-state index in [1.807, 2.05) is 24.5 Å². The molecule has 2 aromatic carbocycles. The van der Waals surface area contributed by atoms with Crippen LogP contribution >= 0.6 is 23.2 Å². The maximum absolute atomic E-state index is 14.4. The molecule has 0 saturated carbocycles. The van der Waals surface area contributed by atoms with Crippen LogP contribution in [-0.2, 0) is 6.42 Å². The normalized spacial score (nSPS) is 16.8. The molecule has 11 heteroatoms. The Morgan fingerprint density at radius 3 is 2.06 bits per heavy atom. The molecule has 0 unspecified atom stereocenters. The van der Waals surface area contributed by atoms with E-state index in [-0.39, 0.29) is 16.3 Å². The third kappa shape index (κ3) is 7.98. The Morgan fingerprint density at radius 2 is 1.37 bits per heavy atom. The molecule has 7 nitrogen and oxygen atoms in total. The molecule has 0 radical (unpaired) electrons. The summed E-state index contributed by atoms with van der Waals surface area (Å²) in [6.45, 7) is 9.49. The minimum Gasteiger partial charge on any atom is -0.492 e. The first-order valence-corrected chi connectivity index (χ1v) is 18.7. The summed E-state index contributed by atoms with van der Waals surface area (Å²) >= 11 is 11.7. The van der Waals surface area contributed by atoms with E-state index in [1.54, 1.807) is 30.6 Å². The van der Waals surface area contributed by atoms with Gasteiger partial charge in [-0.25, -0.2) is 18.7 Å². The zero-order chi connectivity index (χ0) is 36.3. The van der Waals surface area contributed by atoms with E-state index in [9.17, 15) is 8.78 Å². The van der Waals surface area contributed by atoms with Gasteiger partial charge in [-0.3, -0.25) is 0 Å². The largest absolute Gasteiger partial charge is 0.492 e. The second-order valence-corrected chi connectivity index (χ2v) is 15.6. The Kier molecular flexibility index (Phi) is 10.9. The highest BCUT2D eigenvalue weighted by Crippen LogP contribution is 2.39. The molecule has 2 saturated heterocycles. The van der Waals surface area contributed by atoms with Crippen molar-refractivity contribution in [2.75, 3.05) is 32.8 Å². The predicted octanol–water partition coefficient (Wildman–Crippen LogP) is 10.1. The summed E-state index contributed by atoms with van der Waals surface area (Å²) < 4.78 is 34.6. The number of benzene rings is 2. The molecule has 52 heavy (non-hydrogen) atoms. The van der Waals surface area contributed by atoms with E-state index >= 15 is 0 Å². The number of hydrogen-bond donors (Lipinski definition) is 4. The summed E-state index contributed by atoms with van der Waals surface area (Å²) in [6, 6.07) is 13.6. The van der Waals surface area contributed by atoms with Crippen molar-refractivity contribution in [2.45, 2.75) is 52.4 Å². The molecular formula is C41H44Cl2F2N6O. The zero-order valence-corrected chi connectivity index (χ0v) is 31.0. The third-order valence-corrected chi connectivity index (χ3v) is 11.4. The Balaban J connectivity index is 0.000000162. The zero-order valence-electron chi connectivity index (χ0n) is 29.5. The summed E-state index contributed by atoms with van der Waals surface area (Å²) in [7, 11) is 0. The molecule has 272 valence electrons. The van der Waals surface area contributed by atoms with E-state index in [0.717, 1.165) is 90.7 Å². The van der Waals surface area contributed by atoms with Gasteiger partial charge in [0.25, 0.3) is 0 Å². The smallest absolute Gasteiger partial charge is 0.142 e. The Hall–Kier alpha value is -4.02. The Bertz CT molecular complexity index is 2170. The van der Waals surface area contributed by atoms with E-state index < -0.39 is 5.82 Å². The number of aromatic amines is 2. The number of piperidine rings is 2. The fourth-order valence-corrected chi connectivity index (χ4v) is 7.71. The predicted molar refractivity (Wildman–Crippen MR) is 207 cm³/mol. The first-order valence-electron chi connectivity index (χ1n) is 18.0. The summed E-state index contributed by atoms with van der Waals surface area (Å²) in [6.07, 6.45) is 14.0. The number of pyridine rings is 2. The van der Waals surface area contributed by atoms with Gasteiger partial charge in [-0.15, -0.1) is 0 Å². The number of rotatable bonds is 8. The molecule has 0 spiro atoms. The van der Waals surface area contributed by atoms with Crippen LogP contribution in [0.1, 0.15) is 51.5 Å². The topological polar surface area (TPSA) is 90.7 Å². The van der Waals surface area contributed by atoms with Crippen molar-refractivity contribution >= 4 is 45.3 Å². The van der Waals surface area contributed by atoms with Gasteiger partial charge in [-0.05, 0) is 124 Å². The highest BCUT2D eigenvalue weighted by Gasteiger charge is 2.29. The molecule has 8 rings (SSSR count). The lowest BCUT2D eigenvalue weighted by Gasteiger charge is -2.34. The SMILES string of the molecule is CC1(CCc2ccnc3[nH]cc(-c4ccc(Cl)c(F)c4)c23)CCNCC1.CC1(COc2ccnc3[nH]cc(-c4ccc(Cl)cc4F)c23)CCNCC1. The number of H-pyrrole nitrogens is 2. The lowest BCUT2D eigenvalue weighted by atomic mass is 9.76. The number of hydrogen-bond acceptors (Lipinski definition) is 5. The van der Waals surface area contributed by atoms with Gasteiger partial charge in [0, 0.05) is 57.3 Å². The quantitative estimate of drug-likeness (QED) is 0.125. The number of fused-ring (bicyclic) bond motifs is 2. The molecule has 2 aliphatic heterocycles. The molecule has 0 atom stereocenters. The number of nitrogens with zero attached hydrogens (tertiary/aromatic N) is 2. The van der Waals surface area contributed by atoms with Crippen LogP contribution < -0.4 is 15.4 Å². The molecule has 4 aromatic heterocycles. The summed E-state index contributed by atoms with van der Waals surface area (Å²) in [5.41, 5.74) is 6.33. The van der Waals surface area contributed by atoms with Crippen LogP contribution in [-0.4, -0.2) is 52.7 Å². The van der Waals surface area contributed by atoms with Crippen molar-refractivity contribution in [3.8, 4) is 28.0 Å². The number of ether oxygens (including phenoxy) is 1. The molecule has 6 aromatic rings. The van der Waals surface area contributed by atoms with Crippen LogP contribution in [0.15, 0.2) is 73.3 Å². The summed E-state index contributed by atoms with van der Waals surface area (Å²) in [5.74, 6) is -0.0370. The van der Waals surface area contributed by atoms with Crippen molar-refractivity contribution in [2.24, 2.45) is 10.8 Å². The first kappa shape index (κ1) is 36.3. The lowest BCUT2D eigenvalue weighted by molar-refractivity contribution is 0.124. The van der Waals surface area contributed by atoms with Crippen molar-refractivity contribution in [3.63, 3.8) is 0 Å². The molecule has 6 heterocycles. The van der Waals surface area contributed by atoms with Crippen LogP contribution in [0.25, 0.3) is 44.3 Å². The van der Waals surface area contributed by atoms with Crippen molar-refractivity contribution < 1.29 is 13.5 Å². The fraction of sp³-hybridized carbons (Fsp3) is 0.366. The maximum Gasteiger partial charge on any atom is 0.142 e. The molecule has 2 fully saturated rings. The van der Waals surface area contributed by atoms with Crippen molar-refractivity contribution in [3.05, 3.63) is 101 Å². The van der Waals surface area contributed by atoms with E-state index in [2.05, 4.69) is 50.5 Å². The van der Waals surface area contributed by atoms with Gasteiger partial charge in [-0.1, -0.05) is 43.1 Å². The highest BCUT2D eigenvalue weighted by molar-refractivity contribution is 6.31. The molecule has 4 N–H and O–H groups in total. The Labute approximate surface area is 312 Å². The molecular weight excluding hydrogens is 701 g/mol. The van der Waals surface area contributed by atoms with Gasteiger partial charge >= 0.3 is 0 Å². The van der Waals surface area contributed by atoms with E-state index in [1.165, 1.54) is 30.5 Å². The van der Waals surface area contributed by atoms with Crippen LogP contribution in [0.3, 0.4) is 0 Å². The van der Waals surface area contributed by atoms with Crippen molar-refractivity contribution in [1.82, 2.24) is 30.6 Å². The van der Waals surface area contributed by atoms with Crippen LogP contribution in [0.4, 0.5) is 8.78 Å². The van der Waals surface area contributed by atoms with Gasteiger partial charge in [0.15, 0.2) is 0 Å². The van der Waals surface area contributed by atoms with Crippen LogP contribution in [0, 0.1) is 22.5 Å². The van der Waals surface area contributed by atoms with Gasteiger partial charge in [0.1, 0.15) is 28.7 Å². The maximum atomic E-state index is 14.4. The van der Waals surface area contributed by atoms with Gasteiger partial charge in [0.05, 0.1) is 17.0 Å². The number of aryl methyl sites for hydroxylation is 1. The Morgan fingerprint density at radius 1 is 0.712 bits per heavy atom. The van der Waals surface area contributed by atoms with Gasteiger partial charge < -0.3 is 25.3 Å². The number of halogens is 4. The number of aromatic nitrogens is 4. The summed E-state index contributed by atoms with van der Waals surface area (Å²) in [5, 5.41) is 9.23. The summed E-state index contributed by atoms with van der Waals surface area (Å²) in [4.78, 5) is 15.2. The second-order valence-electron chi connectivity index (χ2n) is 14.8. The molecule has 2 aliphatic rings. The number of nitrogens with one attached hydrogen (secondary N) is 4. The third-order valence-electron chi connectivity index (χ3n) is 10.8. The van der Waals surface area contributed by atoms with Crippen molar-refractivity contribution in [1.29, 1.82) is 0 Å². The second kappa shape index (κ2) is 15.5. The van der Waals surface area contributed by atoms with E-state index in [0.29, 0.717) is 28.3 Å². The molecule has 0 amide bonds. The minimum absolute atomic E-state index is 0.142. The highest BCUT2D eigenvalue weighted by atomic mass is 35.5. The first-order chi connectivity index (χ1) is 25.1. The molecule has 0 bridgehead atoms. The van der Waals surface area contributed by atoms with Crippen LogP contribution in [0.2, 0.25) is 10.0 Å². The minimum atomic E-state index is -0.397. The fourth-order valence-electron chi connectivity index (χ4n) is 7.43. The van der Waals surface area contributed by atoms with Crippen LogP contribution in [0.5, 0.6) is 5.75 Å². The average Bonchev–Trinajstić information content (AvgIpc) is 3.78. The molecule has 0 aliphatic carbocycles. The van der Waals surface area contributed by atoms with E-state index in [4.69, 9.17) is 27.9 Å². The van der Waals surface area contributed by atoms with Gasteiger partial charge in [-0.2, -0.15) is 0 Å².